The zero-order chi connectivity index (χ0) is 20.3. The van der Waals surface area contributed by atoms with Gasteiger partial charge in [-0.1, -0.05) is 53.6 Å². The van der Waals surface area contributed by atoms with E-state index in [1.165, 1.54) is 0 Å². The summed E-state index contributed by atoms with van der Waals surface area (Å²) in [4.78, 5) is 28.8. The zero-order valence-corrected chi connectivity index (χ0v) is 17.0. The number of hydrogen-bond donors (Lipinski definition) is 0. The molecule has 1 unspecified atom stereocenters. The first kappa shape index (κ1) is 19.9. The summed E-state index contributed by atoms with van der Waals surface area (Å²) in [6, 6.07) is 14.9. The number of para-hydroxylation sites is 2. The van der Waals surface area contributed by atoms with E-state index in [1.54, 1.807) is 12.0 Å². The number of methoxy groups -OCH3 is 1. The molecule has 28 heavy (non-hydrogen) atoms. The molecular weight excluding hydrogens is 350 g/mol. The van der Waals surface area contributed by atoms with Gasteiger partial charge in [-0.2, -0.15) is 0 Å². The fourth-order valence-corrected chi connectivity index (χ4v) is 3.70. The number of aryl methyl sites for hydroxylation is 1. The van der Waals surface area contributed by atoms with Crippen molar-refractivity contribution in [1.29, 1.82) is 0 Å². The van der Waals surface area contributed by atoms with Crippen LogP contribution in [0.5, 0.6) is 5.75 Å². The lowest BCUT2D eigenvalue weighted by molar-refractivity contribution is -0.123. The van der Waals surface area contributed by atoms with E-state index in [1.807, 2.05) is 75.4 Å². The lowest BCUT2D eigenvalue weighted by Crippen LogP contribution is -2.40. The van der Waals surface area contributed by atoms with Gasteiger partial charge in [0.25, 0.3) is 0 Å². The van der Waals surface area contributed by atoms with Gasteiger partial charge in [0.2, 0.25) is 5.91 Å². The zero-order valence-electron chi connectivity index (χ0n) is 17.0. The second-order valence-electron chi connectivity index (χ2n) is 7.64. The Morgan fingerprint density at radius 3 is 2.46 bits per heavy atom. The van der Waals surface area contributed by atoms with E-state index < -0.39 is 5.41 Å². The molecule has 3 rings (SSSR count). The van der Waals surface area contributed by atoms with Crippen molar-refractivity contribution in [1.82, 2.24) is 0 Å². The fourth-order valence-electron chi connectivity index (χ4n) is 3.70. The molecule has 2 aromatic carbocycles. The van der Waals surface area contributed by atoms with E-state index in [0.29, 0.717) is 36.4 Å². The van der Waals surface area contributed by atoms with Crippen molar-refractivity contribution in [3.63, 3.8) is 0 Å². The highest BCUT2D eigenvalue weighted by Gasteiger charge is 2.52. The van der Waals surface area contributed by atoms with Crippen molar-refractivity contribution >= 4 is 17.4 Å². The molecule has 0 saturated carbocycles. The Labute approximate surface area is 166 Å². The topological polar surface area (TPSA) is 46.6 Å². The Hall–Kier alpha value is -2.88. The first-order valence-corrected chi connectivity index (χ1v) is 9.59. The Kier molecular flexibility index (Phi) is 5.68. The first-order valence-electron chi connectivity index (χ1n) is 9.59. The lowest BCUT2D eigenvalue weighted by atomic mass is 9.75. The lowest BCUT2D eigenvalue weighted by Gasteiger charge is -2.26. The van der Waals surface area contributed by atoms with Gasteiger partial charge in [0, 0.05) is 12.1 Å². The minimum atomic E-state index is -1.08. The minimum absolute atomic E-state index is 0.104. The maximum atomic E-state index is 13.6. The summed E-state index contributed by atoms with van der Waals surface area (Å²) in [5.41, 5.74) is 2.41. The number of amides is 1. The third kappa shape index (κ3) is 3.59. The average Bonchev–Trinajstić information content (AvgIpc) is 3.03. The van der Waals surface area contributed by atoms with Gasteiger partial charge < -0.3 is 9.64 Å². The van der Waals surface area contributed by atoms with Crippen molar-refractivity contribution in [3.05, 3.63) is 71.3 Å². The molecule has 4 nitrogen and oxygen atoms in total. The molecule has 1 aliphatic heterocycles. The number of rotatable bonds is 6. The number of benzene rings is 2. The Morgan fingerprint density at radius 2 is 1.82 bits per heavy atom. The summed E-state index contributed by atoms with van der Waals surface area (Å²) in [6.45, 7) is 6.45. The van der Waals surface area contributed by atoms with E-state index in [4.69, 9.17) is 4.74 Å². The van der Waals surface area contributed by atoms with Crippen molar-refractivity contribution in [2.75, 3.05) is 18.6 Å². The van der Waals surface area contributed by atoms with Crippen molar-refractivity contribution in [3.8, 4) is 5.75 Å². The van der Waals surface area contributed by atoms with Crippen LogP contribution in [0.25, 0.3) is 0 Å². The van der Waals surface area contributed by atoms with Crippen LogP contribution < -0.4 is 9.64 Å². The molecule has 1 saturated heterocycles. The number of allylic oxidation sites excluding steroid dienone is 2. The average molecular weight is 377 g/mol. The highest BCUT2D eigenvalue weighted by Crippen LogP contribution is 2.43. The second kappa shape index (κ2) is 8.01. The standard InChI is InChI=1S/C24H27NO3/c1-17(2)13-14-24(22(26)19-11-9-18(3)10-12-19)15-16-25(23(24)27)20-7-5-6-8-21(20)28-4/h5-13H,14-16H2,1-4H3. The number of nitrogens with zero attached hydrogens (tertiary/aromatic N) is 1. The summed E-state index contributed by atoms with van der Waals surface area (Å²) in [6.07, 6.45) is 2.89. The molecule has 1 fully saturated rings. The molecule has 0 radical (unpaired) electrons. The number of carbonyl (C=O) groups excluding carboxylic acids is 2. The summed E-state index contributed by atoms with van der Waals surface area (Å²) in [5, 5.41) is 0. The summed E-state index contributed by atoms with van der Waals surface area (Å²) >= 11 is 0. The van der Waals surface area contributed by atoms with Crippen molar-refractivity contribution in [2.24, 2.45) is 5.41 Å². The van der Waals surface area contributed by atoms with E-state index in [0.717, 1.165) is 11.1 Å². The molecule has 0 spiro atoms. The minimum Gasteiger partial charge on any atom is -0.495 e. The van der Waals surface area contributed by atoms with Crippen LogP contribution in [-0.4, -0.2) is 25.3 Å². The van der Waals surface area contributed by atoms with E-state index in [2.05, 4.69) is 0 Å². The summed E-state index contributed by atoms with van der Waals surface area (Å²) < 4.78 is 5.44. The number of ether oxygens (including phenoxy) is 1. The molecule has 0 N–H and O–H groups in total. The Balaban J connectivity index is 2.03. The molecule has 0 aliphatic carbocycles. The molecule has 1 amide bonds. The van der Waals surface area contributed by atoms with Crippen LogP contribution in [0.3, 0.4) is 0 Å². The van der Waals surface area contributed by atoms with Gasteiger partial charge in [0.1, 0.15) is 11.2 Å². The van der Waals surface area contributed by atoms with Gasteiger partial charge >= 0.3 is 0 Å². The number of hydrogen-bond acceptors (Lipinski definition) is 3. The van der Waals surface area contributed by atoms with Crippen molar-refractivity contribution in [2.45, 2.75) is 33.6 Å². The Bertz CT molecular complexity index is 910. The van der Waals surface area contributed by atoms with Crippen LogP contribution >= 0.6 is 0 Å². The molecule has 146 valence electrons. The monoisotopic (exact) mass is 377 g/mol. The van der Waals surface area contributed by atoms with E-state index >= 15 is 0 Å². The third-order valence-corrected chi connectivity index (χ3v) is 5.40. The smallest absolute Gasteiger partial charge is 0.241 e. The molecule has 1 heterocycles. The highest BCUT2D eigenvalue weighted by atomic mass is 16.5. The molecule has 0 bridgehead atoms. The van der Waals surface area contributed by atoms with Gasteiger partial charge in [-0.3, -0.25) is 9.59 Å². The predicted molar refractivity (Wildman–Crippen MR) is 112 cm³/mol. The highest BCUT2D eigenvalue weighted by molar-refractivity contribution is 6.20. The number of carbonyl (C=O) groups is 2. The van der Waals surface area contributed by atoms with Crippen molar-refractivity contribution < 1.29 is 14.3 Å². The van der Waals surface area contributed by atoms with Gasteiger partial charge in [-0.25, -0.2) is 0 Å². The van der Waals surface area contributed by atoms with Gasteiger partial charge in [-0.05, 0) is 45.7 Å². The molecular formula is C24H27NO3. The number of anilines is 1. The van der Waals surface area contributed by atoms with E-state index in [-0.39, 0.29) is 11.7 Å². The maximum absolute atomic E-state index is 13.6. The molecule has 0 aromatic heterocycles. The summed E-state index contributed by atoms with van der Waals surface area (Å²) in [5.74, 6) is 0.379. The van der Waals surface area contributed by atoms with Crippen LogP contribution in [0.1, 0.15) is 42.6 Å². The normalized spacial score (nSPS) is 18.9. The first-order chi connectivity index (χ1) is 13.4. The quantitative estimate of drug-likeness (QED) is 0.406. The van der Waals surface area contributed by atoms with Gasteiger partial charge in [-0.15, -0.1) is 0 Å². The SMILES string of the molecule is COc1ccccc1N1CCC(CC=C(C)C)(C(=O)c2ccc(C)cc2)C1=O. The van der Waals surface area contributed by atoms with Crippen LogP contribution in [-0.2, 0) is 4.79 Å². The second-order valence-corrected chi connectivity index (χ2v) is 7.64. The Morgan fingerprint density at radius 1 is 1.14 bits per heavy atom. The van der Waals surface area contributed by atoms with Gasteiger partial charge in [0.15, 0.2) is 5.78 Å². The molecule has 1 atom stereocenters. The number of ketones is 1. The fraction of sp³-hybridized carbons (Fsp3) is 0.333. The molecule has 1 aliphatic rings. The van der Waals surface area contributed by atoms with Gasteiger partial charge in [0.05, 0.1) is 12.8 Å². The van der Waals surface area contributed by atoms with E-state index in [9.17, 15) is 9.59 Å². The molecule has 2 aromatic rings. The van der Waals surface area contributed by atoms with Crippen LogP contribution in [0, 0.1) is 12.3 Å². The third-order valence-electron chi connectivity index (χ3n) is 5.40. The summed E-state index contributed by atoms with van der Waals surface area (Å²) in [7, 11) is 1.59. The predicted octanol–water partition coefficient (Wildman–Crippen LogP) is 4.97. The maximum Gasteiger partial charge on any atom is 0.241 e. The van der Waals surface area contributed by atoms with Crippen LogP contribution in [0.2, 0.25) is 0 Å². The largest absolute Gasteiger partial charge is 0.495 e. The number of Topliss-reactive ketones (excluding diaryl/α,β-unsaturated/α-hetero) is 1. The van der Waals surface area contributed by atoms with Crippen LogP contribution in [0.15, 0.2) is 60.2 Å². The molecule has 4 heteroatoms. The van der Waals surface area contributed by atoms with Crippen LogP contribution in [0.4, 0.5) is 5.69 Å².